The lowest BCUT2D eigenvalue weighted by atomic mass is 10.1. The molecular formula is C15H15FN2O4S. The molecule has 0 radical (unpaired) electrons. The number of carbonyl (C=O) groups is 1. The Hall–Kier alpha value is -2.61. The Morgan fingerprint density at radius 1 is 1.13 bits per heavy atom. The predicted octanol–water partition coefficient (Wildman–Crippen LogP) is 1.99. The van der Waals surface area contributed by atoms with Gasteiger partial charge >= 0.3 is 0 Å². The van der Waals surface area contributed by atoms with Crippen molar-refractivity contribution < 1.29 is 22.3 Å². The number of rotatable bonds is 5. The lowest BCUT2D eigenvalue weighted by Gasteiger charge is -2.13. The minimum absolute atomic E-state index is 0.0921. The van der Waals surface area contributed by atoms with Crippen LogP contribution in [0.25, 0.3) is 0 Å². The number of benzene rings is 2. The number of sulfonamides is 1. The lowest BCUT2D eigenvalue weighted by molar-refractivity contribution is 0.0963. The smallest absolute Gasteiger partial charge is 0.261 e. The summed E-state index contributed by atoms with van der Waals surface area (Å²) in [5.74, 6) is -0.603. The van der Waals surface area contributed by atoms with Gasteiger partial charge in [0.1, 0.15) is 11.6 Å². The zero-order chi connectivity index (χ0) is 17.0. The molecule has 0 aliphatic rings. The van der Waals surface area contributed by atoms with Crippen LogP contribution in [-0.2, 0) is 10.0 Å². The van der Waals surface area contributed by atoms with E-state index in [0.717, 1.165) is 24.3 Å². The quantitative estimate of drug-likeness (QED) is 0.873. The molecule has 2 N–H and O–H groups in total. The second kappa shape index (κ2) is 6.66. The molecule has 8 heteroatoms. The zero-order valence-corrected chi connectivity index (χ0v) is 13.3. The van der Waals surface area contributed by atoms with E-state index in [9.17, 15) is 17.6 Å². The van der Waals surface area contributed by atoms with Gasteiger partial charge in [0, 0.05) is 7.05 Å². The monoisotopic (exact) mass is 338 g/mol. The standard InChI is InChI=1S/C15H15FN2O4S/c1-17-15(19)13-9-11(22-2)5-8-14(13)18-23(20,21)12-6-3-10(16)4-7-12/h3-9,18H,1-2H3,(H,17,19). The van der Waals surface area contributed by atoms with Gasteiger partial charge in [-0.3, -0.25) is 9.52 Å². The van der Waals surface area contributed by atoms with Crippen molar-refractivity contribution in [2.75, 3.05) is 18.9 Å². The highest BCUT2D eigenvalue weighted by Crippen LogP contribution is 2.25. The van der Waals surface area contributed by atoms with Crippen LogP contribution in [0.15, 0.2) is 47.4 Å². The van der Waals surface area contributed by atoms with Gasteiger partial charge in [0.2, 0.25) is 0 Å². The van der Waals surface area contributed by atoms with E-state index in [2.05, 4.69) is 10.0 Å². The van der Waals surface area contributed by atoms with E-state index in [4.69, 9.17) is 4.74 Å². The Balaban J connectivity index is 2.42. The molecule has 0 aliphatic carbocycles. The number of carbonyl (C=O) groups excluding carboxylic acids is 1. The molecule has 0 heterocycles. The molecule has 0 aliphatic heterocycles. The summed E-state index contributed by atoms with van der Waals surface area (Å²) in [7, 11) is -1.08. The molecule has 0 atom stereocenters. The van der Waals surface area contributed by atoms with Crippen LogP contribution in [0.5, 0.6) is 5.75 Å². The average molecular weight is 338 g/mol. The van der Waals surface area contributed by atoms with Gasteiger partial charge in [-0.05, 0) is 42.5 Å². The summed E-state index contributed by atoms with van der Waals surface area (Å²) in [5.41, 5.74) is 0.201. The number of hydrogen-bond donors (Lipinski definition) is 2. The molecule has 1 amide bonds. The molecule has 0 saturated heterocycles. The number of amides is 1. The van der Waals surface area contributed by atoms with Gasteiger partial charge < -0.3 is 10.1 Å². The summed E-state index contributed by atoms with van der Waals surface area (Å²) >= 11 is 0. The van der Waals surface area contributed by atoms with Crippen molar-refractivity contribution >= 4 is 21.6 Å². The molecule has 0 spiro atoms. The van der Waals surface area contributed by atoms with E-state index >= 15 is 0 Å². The maximum atomic E-state index is 12.9. The SMILES string of the molecule is CNC(=O)c1cc(OC)ccc1NS(=O)(=O)c1ccc(F)cc1. The van der Waals surface area contributed by atoms with Crippen LogP contribution in [0.2, 0.25) is 0 Å². The van der Waals surface area contributed by atoms with Crippen molar-refractivity contribution in [3.8, 4) is 5.75 Å². The third kappa shape index (κ3) is 3.78. The minimum atomic E-state index is -3.95. The molecule has 0 bridgehead atoms. The third-order valence-corrected chi connectivity index (χ3v) is 4.45. The van der Waals surface area contributed by atoms with Crippen molar-refractivity contribution in [2.45, 2.75) is 4.90 Å². The van der Waals surface area contributed by atoms with E-state index in [1.165, 1.54) is 32.4 Å². The molecule has 0 unspecified atom stereocenters. The average Bonchev–Trinajstić information content (AvgIpc) is 2.54. The van der Waals surface area contributed by atoms with Crippen molar-refractivity contribution in [3.63, 3.8) is 0 Å². The van der Waals surface area contributed by atoms with Crippen LogP contribution in [0.3, 0.4) is 0 Å². The summed E-state index contributed by atoms with van der Waals surface area (Å²) in [6.45, 7) is 0. The van der Waals surface area contributed by atoms with E-state index in [-0.39, 0.29) is 16.1 Å². The molecule has 23 heavy (non-hydrogen) atoms. The van der Waals surface area contributed by atoms with Gasteiger partial charge in [-0.1, -0.05) is 0 Å². The Labute approximate surface area is 133 Å². The predicted molar refractivity (Wildman–Crippen MR) is 83.6 cm³/mol. The highest BCUT2D eigenvalue weighted by Gasteiger charge is 2.19. The molecule has 0 fully saturated rings. The summed E-state index contributed by atoms with van der Waals surface area (Å²) in [6, 6.07) is 8.73. The maximum Gasteiger partial charge on any atom is 0.261 e. The summed E-state index contributed by atoms with van der Waals surface area (Å²) in [6.07, 6.45) is 0. The Morgan fingerprint density at radius 3 is 2.35 bits per heavy atom. The summed E-state index contributed by atoms with van der Waals surface area (Å²) < 4.78 is 44.9. The van der Waals surface area contributed by atoms with Crippen LogP contribution in [0.4, 0.5) is 10.1 Å². The lowest BCUT2D eigenvalue weighted by Crippen LogP contribution is -2.21. The van der Waals surface area contributed by atoms with Crippen LogP contribution >= 0.6 is 0 Å². The van der Waals surface area contributed by atoms with Crippen LogP contribution in [0, 0.1) is 5.82 Å². The molecule has 122 valence electrons. The Bertz CT molecular complexity index is 820. The molecule has 2 aromatic carbocycles. The molecule has 0 saturated carbocycles. The Kier molecular flexibility index (Phi) is 4.85. The zero-order valence-electron chi connectivity index (χ0n) is 12.5. The summed E-state index contributed by atoms with van der Waals surface area (Å²) in [5, 5.41) is 2.43. The fraction of sp³-hybridized carbons (Fsp3) is 0.133. The number of nitrogens with one attached hydrogen (secondary N) is 2. The first-order valence-electron chi connectivity index (χ1n) is 6.56. The first-order valence-corrected chi connectivity index (χ1v) is 8.04. The number of methoxy groups -OCH3 is 1. The van der Waals surface area contributed by atoms with Crippen molar-refractivity contribution in [1.29, 1.82) is 0 Å². The fourth-order valence-electron chi connectivity index (χ4n) is 1.88. The number of hydrogen-bond acceptors (Lipinski definition) is 4. The first-order chi connectivity index (χ1) is 10.9. The minimum Gasteiger partial charge on any atom is -0.497 e. The Morgan fingerprint density at radius 2 is 1.78 bits per heavy atom. The van der Waals surface area contributed by atoms with Crippen molar-refractivity contribution in [2.24, 2.45) is 0 Å². The van der Waals surface area contributed by atoms with Crippen LogP contribution < -0.4 is 14.8 Å². The topological polar surface area (TPSA) is 84.5 Å². The normalized spacial score (nSPS) is 10.9. The maximum absolute atomic E-state index is 12.9. The van der Waals surface area contributed by atoms with E-state index in [1.54, 1.807) is 0 Å². The molecule has 6 nitrogen and oxygen atoms in total. The van der Waals surface area contributed by atoms with Crippen LogP contribution in [-0.4, -0.2) is 28.5 Å². The van der Waals surface area contributed by atoms with Gasteiger partial charge in [0.05, 0.1) is 23.3 Å². The second-order valence-electron chi connectivity index (χ2n) is 4.55. The number of anilines is 1. The van der Waals surface area contributed by atoms with Gasteiger partial charge in [0.15, 0.2) is 0 Å². The third-order valence-electron chi connectivity index (χ3n) is 3.07. The van der Waals surface area contributed by atoms with E-state index < -0.39 is 21.7 Å². The molecule has 0 aromatic heterocycles. The van der Waals surface area contributed by atoms with Gasteiger partial charge in [-0.2, -0.15) is 0 Å². The fourth-order valence-corrected chi connectivity index (χ4v) is 2.96. The van der Waals surface area contributed by atoms with Gasteiger partial charge in [0.25, 0.3) is 15.9 Å². The highest BCUT2D eigenvalue weighted by molar-refractivity contribution is 7.92. The molecular weight excluding hydrogens is 323 g/mol. The second-order valence-corrected chi connectivity index (χ2v) is 6.23. The highest BCUT2D eigenvalue weighted by atomic mass is 32.2. The van der Waals surface area contributed by atoms with Crippen molar-refractivity contribution in [1.82, 2.24) is 5.32 Å². The largest absolute Gasteiger partial charge is 0.497 e. The first kappa shape index (κ1) is 16.8. The number of halogens is 1. The number of ether oxygens (including phenoxy) is 1. The van der Waals surface area contributed by atoms with Crippen molar-refractivity contribution in [3.05, 3.63) is 53.8 Å². The van der Waals surface area contributed by atoms with Gasteiger partial charge in [-0.25, -0.2) is 12.8 Å². The van der Waals surface area contributed by atoms with E-state index in [0.29, 0.717) is 5.75 Å². The molecule has 2 aromatic rings. The molecule has 2 rings (SSSR count). The van der Waals surface area contributed by atoms with Crippen LogP contribution in [0.1, 0.15) is 10.4 Å². The van der Waals surface area contributed by atoms with Gasteiger partial charge in [-0.15, -0.1) is 0 Å². The van der Waals surface area contributed by atoms with E-state index in [1.807, 2.05) is 0 Å². The summed E-state index contributed by atoms with van der Waals surface area (Å²) in [4.78, 5) is 11.8.